The highest BCUT2D eigenvalue weighted by atomic mass is 16.5. The van der Waals surface area contributed by atoms with Crippen molar-refractivity contribution in [3.05, 3.63) is 70.8 Å². The van der Waals surface area contributed by atoms with Crippen LogP contribution in [0.1, 0.15) is 37.0 Å². The zero-order valence-electron chi connectivity index (χ0n) is 12.1. The summed E-state index contributed by atoms with van der Waals surface area (Å²) in [7, 11) is 0. The van der Waals surface area contributed by atoms with Crippen LogP contribution >= 0.6 is 0 Å². The summed E-state index contributed by atoms with van der Waals surface area (Å²) in [5, 5.41) is 3.45. The molecule has 0 radical (unpaired) electrons. The van der Waals surface area contributed by atoms with Gasteiger partial charge in [-0.3, -0.25) is 0 Å². The molecule has 0 unspecified atom stereocenters. The smallest absolute Gasteiger partial charge is 0.127 e. The minimum absolute atomic E-state index is 0. The molecular weight excluding hydrogens is 270 g/mol. The maximum absolute atomic E-state index is 6.05. The molecule has 4 rings (SSSR count). The Hall–Kier alpha value is -2.06. The van der Waals surface area contributed by atoms with Crippen molar-refractivity contribution in [3.63, 3.8) is 0 Å². The van der Waals surface area contributed by atoms with E-state index in [1.807, 2.05) is 0 Å². The Bertz CT molecular complexity index is 645. The Kier molecular flexibility index (Phi) is 4.30. The van der Waals surface area contributed by atoms with E-state index in [1.165, 1.54) is 22.3 Å². The van der Waals surface area contributed by atoms with Gasteiger partial charge in [0, 0.05) is 5.56 Å². The standard InChI is InChI=1S/C19H19NO.CH4/c1-2-6-16-15(5-1)13-21-18-8-4-3-7-17(18)19(16)14-9-11-20-12-10-14;/h1-8,20H,9-13H2;1H4. The van der Waals surface area contributed by atoms with Gasteiger partial charge in [0.25, 0.3) is 0 Å². The van der Waals surface area contributed by atoms with Crippen LogP contribution in [-0.4, -0.2) is 13.1 Å². The van der Waals surface area contributed by atoms with Crippen LogP contribution in [0.4, 0.5) is 0 Å². The van der Waals surface area contributed by atoms with Crippen LogP contribution in [0.25, 0.3) is 5.57 Å². The Morgan fingerprint density at radius 3 is 2.32 bits per heavy atom. The molecule has 0 saturated carbocycles. The summed E-state index contributed by atoms with van der Waals surface area (Å²) in [4.78, 5) is 0. The third-order valence-electron chi connectivity index (χ3n) is 4.39. The molecule has 2 aromatic carbocycles. The third-order valence-corrected chi connectivity index (χ3v) is 4.39. The molecular formula is C20H23NO. The number of hydrogen-bond acceptors (Lipinski definition) is 2. The van der Waals surface area contributed by atoms with Crippen molar-refractivity contribution in [2.75, 3.05) is 13.1 Å². The number of piperidine rings is 1. The highest BCUT2D eigenvalue weighted by Crippen LogP contribution is 2.40. The molecule has 1 fully saturated rings. The number of hydrogen-bond donors (Lipinski definition) is 1. The van der Waals surface area contributed by atoms with Gasteiger partial charge in [-0.2, -0.15) is 0 Å². The molecule has 114 valence electrons. The predicted octanol–water partition coefficient (Wildman–Crippen LogP) is 4.40. The molecule has 0 atom stereocenters. The van der Waals surface area contributed by atoms with Crippen molar-refractivity contribution in [1.29, 1.82) is 0 Å². The van der Waals surface area contributed by atoms with E-state index in [4.69, 9.17) is 4.74 Å². The Morgan fingerprint density at radius 1 is 0.818 bits per heavy atom. The van der Waals surface area contributed by atoms with Crippen molar-refractivity contribution in [2.45, 2.75) is 26.9 Å². The first-order chi connectivity index (χ1) is 10.4. The van der Waals surface area contributed by atoms with E-state index in [9.17, 15) is 0 Å². The number of nitrogens with one attached hydrogen (secondary N) is 1. The monoisotopic (exact) mass is 293 g/mol. The first-order valence-electron chi connectivity index (χ1n) is 7.67. The van der Waals surface area contributed by atoms with E-state index >= 15 is 0 Å². The molecule has 2 aromatic rings. The topological polar surface area (TPSA) is 21.3 Å². The summed E-state index contributed by atoms with van der Waals surface area (Å²) in [5.41, 5.74) is 6.84. The van der Waals surface area contributed by atoms with Crippen LogP contribution in [0.2, 0.25) is 0 Å². The Balaban J connectivity index is 0.00000144. The van der Waals surface area contributed by atoms with Gasteiger partial charge in [-0.15, -0.1) is 0 Å². The summed E-state index contributed by atoms with van der Waals surface area (Å²) in [5.74, 6) is 1.01. The lowest BCUT2D eigenvalue weighted by atomic mass is 9.87. The lowest BCUT2D eigenvalue weighted by Gasteiger charge is -2.21. The molecule has 2 nitrogen and oxygen atoms in total. The van der Waals surface area contributed by atoms with Crippen LogP contribution in [-0.2, 0) is 6.61 Å². The highest BCUT2D eigenvalue weighted by molar-refractivity contribution is 5.87. The van der Waals surface area contributed by atoms with Crippen LogP contribution in [0.15, 0.2) is 54.1 Å². The van der Waals surface area contributed by atoms with E-state index in [0.717, 1.165) is 31.7 Å². The molecule has 0 aliphatic carbocycles. The Morgan fingerprint density at radius 2 is 1.50 bits per heavy atom. The van der Waals surface area contributed by atoms with E-state index in [-0.39, 0.29) is 7.43 Å². The maximum atomic E-state index is 6.05. The first kappa shape index (κ1) is 14.9. The average Bonchev–Trinajstić information content (AvgIpc) is 2.72. The fourth-order valence-corrected chi connectivity index (χ4v) is 3.35. The number of benzene rings is 2. The van der Waals surface area contributed by atoms with Crippen molar-refractivity contribution in [3.8, 4) is 5.75 Å². The van der Waals surface area contributed by atoms with Crippen LogP contribution in [0.5, 0.6) is 5.75 Å². The average molecular weight is 293 g/mol. The molecule has 2 heterocycles. The normalized spacial score (nSPS) is 16.7. The molecule has 22 heavy (non-hydrogen) atoms. The first-order valence-corrected chi connectivity index (χ1v) is 7.67. The van der Waals surface area contributed by atoms with Gasteiger partial charge in [0.15, 0.2) is 0 Å². The van der Waals surface area contributed by atoms with Gasteiger partial charge in [-0.05, 0) is 48.7 Å². The zero-order chi connectivity index (χ0) is 14.1. The third kappa shape index (κ3) is 2.55. The lowest BCUT2D eigenvalue weighted by Crippen LogP contribution is -2.23. The Labute approximate surface area is 132 Å². The molecule has 2 aliphatic heterocycles. The van der Waals surface area contributed by atoms with Gasteiger partial charge in [0.2, 0.25) is 0 Å². The summed E-state index contributed by atoms with van der Waals surface area (Å²) < 4.78 is 6.05. The zero-order valence-corrected chi connectivity index (χ0v) is 12.1. The number of fused-ring (bicyclic) bond motifs is 2. The fourth-order valence-electron chi connectivity index (χ4n) is 3.35. The summed E-state index contributed by atoms with van der Waals surface area (Å²) in [6, 6.07) is 17.1. The van der Waals surface area contributed by atoms with E-state index in [2.05, 4.69) is 53.8 Å². The maximum Gasteiger partial charge on any atom is 0.127 e. The van der Waals surface area contributed by atoms with Crippen molar-refractivity contribution in [1.82, 2.24) is 5.32 Å². The van der Waals surface area contributed by atoms with Gasteiger partial charge < -0.3 is 10.1 Å². The molecule has 2 heteroatoms. The number of para-hydroxylation sites is 1. The van der Waals surface area contributed by atoms with Gasteiger partial charge >= 0.3 is 0 Å². The van der Waals surface area contributed by atoms with Crippen molar-refractivity contribution >= 4 is 5.57 Å². The summed E-state index contributed by atoms with van der Waals surface area (Å²) in [6.45, 7) is 2.80. The van der Waals surface area contributed by atoms with Crippen LogP contribution < -0.4 is 10.1 Å². The highest BCUT2D eigenvalue weighted by Gasteiger charge is 2.22. The van der Waals surface area contributed by atoms with Crippen molar-refractivity contribution < 1.29 is 4.74 Å². The van der Waals surface area contributed by atoms with E-state index in [1.54, 1.807) is 5.57 Å². The molecule has 0 amide bonds. The number of ether oxygens (including phenoxy) is 1. The molecule has 1 saturated heterocycles. The molecule has 0 bridgehead atoms. The molecule has 0 aromatic heterocycles. The SMILES string of the molecule is C.c1ccc2c(c1)COc1ccccc1C2=C1CCNCC1. The molecule has 2 aliphatic rings. The number of rotatable bonds is 0. The van der Waals surface area contributed by atoms with E-state index in [0.29, 0.717) is 6.61 Å². The second-order valence-corrected chi connectivity index (χ2v) is 5.67. The largest absolute Gasteiger partial charge is 0.488 e. The van der Waals surface area contributed by atoms with E-state index < -0.39 is 0 Å². The minimum atomic E-state index is 0. The predicted molar refractivity (Wildman–Crippen MR) is 92.1 cm³/mol. The quantitative estimate of drug-likeness (QED) is 0.777. The second kappa shape index (κ2) is 6.37. The summed E-state index contributed by atoms with van der Waals surface area (Å²) >= 11 is 0. The second-order valence-electron chi connectivity index (χ2n) is 5.67. The lowest BCUT2D eigenvalue weighted by molar-refractivity contribution is 0.307. The van der Waals surface area contributed by atoms with Gasteiger partial charge in [0.05, 0.1) is 0 Å². The minimum Gasteiger partial charge on any atom is -0.488 e. The van der Waals surface area contributed by atoms with Crippen LogP contribution in [0, 0.1) is 0 Å². The molecule has 0 spiro atoms. The van der Waals surface area contributed by atoms with Crippen molar-refractivity contribution in [2.24, 2.45) is 0 Å². The molecule has 1 N–H and O–H groups in total. The summed E-state index contributed by atoms with van der Waals surface area (Å²) in [6.07, 6.45) is 2.25. The van der Waals surface area contributed by atoms with Crippen LogP contribution in [0.3, 0.4) is 0 Å². The fraction of sp³-hybridized carbons (Fsp3) is 0.300. The van der Waals surface area contributed by atoms with Gasteiger partial charge in [-0.1, -0.05) is 55.5 Å². The van der Waals surface area contributed by atoms with Gasteiger partial charge in [0.1, 0.15) is 12.4 Å². The van der Waals surface area contributed by atoms with Gasteiger partial charge in [-0.25, -0.2) is 0 Å².